The van der Waals surface area contributed by atoms with Gasteiger partial charge in [-0.2, -0.15) is 11.8 Å². The molecule has 0 fully saturated rings. The molecule has 3 nitrogen and oxygen atoms in total. The highest BCUT2D eigenvalue weighted by Crippen LogP contribution is 2.30. The van der Waals surface area contributed by atoms with Crippen LogP contribution in [0, 0.1) is 5.92 Å². The number of benzene rings is 1. The Morgan fingerprint density at radius 1 is 1.50 bits per heavy atom. The van der Waals surface area contributed by atoms with Crippen LogP contribution in [0.5, 0.6) is 5.75 Å². The number of carbonyl (C=O) groups is 1. The fourth-order valence-electron chi connectivity index (χ4n) is 2.25. The molecule has 0 N–H and O–H groups in total. The predicted molar refractivity (Wildman–Crippen MR) is 87.2 cm³/mol. The van der Waals surface area contributed by atoms with Crippen molar-refractivity contribution in [1.29, 1.82) is 0 Å². The van der Waals surface area contributed by atoms with E-state index in [2.05, 4.69) is 22.2 Å². The Hall–Kier alpha value is -0.680. The van der Waals surface area contributed by atoms with Gasteiger partial charge in [0.15, 0.2) is 6.10 Å². The van der Waals surface area contributed by atoms with Gasteiger partial charge in [0.25, 0.3) is 5.91 Å². The van der Waals surface area contributed by atoms with Gasteiger partial charge in [0.2, 0.25) is 0 Å². The third-order valence-corrected chi connectivity index (χ3v) is 4.45. The van der Waals surface area contributed by atoms with E-state index >= 15 is 0 Å². The maximum absolute atomic E-state index is 12.6. The third kappa shape index (κ3) is 3.50. The van der Waals surface area contributed by atoms with E-state index in [0.29, 0.717) is 6.54 Å². The van der Waals surface area contributed by atoms with E-state index < -0.39 is 0 Å². The molecule has 0 radical (unpaired) electrons. The number of hydrogen-bond acceptors (Lipinski definition) is 3. The summed E-state index contributed by atoms with van der Waals surface area (Å²) >= 11 is 5.24. The van der Waals surface area contributed by atoms with Crippen LogP contribution in [0.2, 0.25) is 0 Å². The lowest BCUT2D eigenvalue weighted by molar-refractivity contribution is -0.139. The highest BCUT2D eigenvalue weighted by Gasteiger charge is 2.32. The highest BCUT2D eigenvalue weighted by molar-refractivity contribution is 9.10. The molecule has 1 aromatic carbocycles. The zero-order valence-corrected chi connectivity index (χ0v) is 14.5. The van der Waals surface area contributed by atoms with Gasteiger partial charge in [-0.25, -0.2) is 0 Å². The third-order valence-electron chi connectivity index (χ3n) is 3.36. The van der Waals surface area contributed by atoms with Crippen molar-refractivity contribution in [1.82, 2.24) is 4.90 Å². The van der Waals surface area contributed by atoms with Gasteiger partial charge in [-0.1, -0.05) is 29.8 Å². The van der Waals surface area contributed by atoms with E-state index in [4.69, 9.17) is 4.74 Å². The molecule has 0 aromatic heterocycles. The molecule has 1 heterocycles. The normalized spacial score (nSPS) is 18.8. The molecule has 1 amide bonds. The number of rotatable bonds is 4. The monoisotopic (exact) mass is 357 g/mol. The molecule has 0 bridgehead atoms. The first kappa shape index (κ1) is 15.7. The molecule has 1 atom stereocenters. The predicted octanol–water partition coefficient (Wildman–Crippen LogP) is 3.56. The van der Waals surface area contributed by atoms with Gasteiger partial charge in [0.1, 0.15) is 5.75 Å². The molecule has 0 saturated carbocycles. The number of amides is 1. The first-order chi connectivity index (χ1) is 9.52. The lowest BCUT2D eigenvalue weighted by Crippen LogP contribution is -2.43. The van der Waals surface area contributed by atoms with Gasteiger partial charge in [-0.05, 0) is 30.4 Å². The molecule has 1 aliphatic rings. The minimum atomic E-state index is -0.390. The molecule has 5 heteroatoms. The van der Waals surface area contributed by atoms with Crippen LogP contribution in [0.1, 0.15) is 19.4 Å². The molecule has 1 unspecified atom stereocenters. The minimum Gasteiger partial charge on any atom is -0.480 e. The average molecular weight is 358 g/mol. The quantitative estimate of drug-likeness (QED) is 0.824. The Labute approximate surface area is 133 Å². The second-order valence-electron chi connectivity index (χ2n) is 5.29. The summed E-state index contributed by atoms with van der Waals surface area (Å²) < 4.78 is 6.99. The smallest absolute Gasteiger partial charge is 0.264 e. The minimum absolute atomic E-state index is 0.0985. The Kier molecular flexibility index (Phi) is 5.38. The van der Waals surface area contributed by atoms with Crippen LogP contribution in [0.25, 0.3) is 0 Å². The van der Waals surface area contributed by atoms with Crippen molar-refractivity contribution in [3.8, 4) is 5.75 Å². The Bertz CT molecular complexity index is 493. The van der Waals surface area contributed by atoms with Gasteiger partial charge >= 0.3 is 0 Å². The molecule has 1 aromatic rings. The van der Waals surface area contributed by atoms with Gasteiger partial charge in [-0.15, -0.1) is 0 Å². The van der Waals surface area contributed by atoms with Gasteiger partial charge in [0.05, 0.1) is 0 Å². The largest absolute Gasteiger partial charge is 0.480 e. The van der Waals surface area contributed by atoms with Crippen molar-refractivity contribution in [2.75, 3.05) is 18.6 Å². The number of halogens is 1. The topological polar surface area (TPSA) is 29.5 Å². The van der Waals surface area contributed by atoms with E-state index in [1.165, 1.54) is 0 Å². The summed E-state index contributed by atoms with van der Waals surface area (Å²) in [6.45, 7) is 5.44. The van der Waals surface area contributed by atoms with Crippen molar-refractivity contribution >= 4 is 33.6 Å². The Balaban J connectivity index is 2.33. The van der Waals surface area contributed by atoms with Crippen LogP contribution in [0.3, 0.4) is 0 Å². The summed E-state index contributed by atoms with van der Waals surface area (Å²) in [7, 11) is 0. The van der Waals surface area contributed by atoms with Crippen LogP contribution in [0.15, 0.2) is 22.7 Å². The number of ether oxygens (including phenoxy) is 1. The molecule has 110 valence electrons. The van der Waals surface area contributed by atoms with E-state index in [1.54, 1.807) is 11.8 Å². The molecular weight excluding hydrogens is 338 g/mol. The van der Waals surface area contributed by atoms with Crippen LogP contribution >= 0.6 is 27.7 Å². The van der Waals surface area contributed by atoms with Crippen molar-refractivity contribution in [2.45, 2.75) is 26.5 Å². The van der Waals surface area contributed by atoms with E-state index in [-0.39, 0.29) is 17.9 Å². The standard InChI is InChI=1S/C15H20BrNO2S/c1-10(2)14-15(18)17(6-7-20-3)9-11-8-12(16)4-5-13(11)19-14/h4-5,8,10,14H,6-7,9H2,1-3H3. The van der Waals surface area contributed by atoms with Crippen molar-refractivity contribution in [3.05, 3.63) is 28.2 Å². The number of hydrogen-bond donors (Lipinski definition) is 0. The maximum atomic E-state index is 12.6. The van der Waals surface area contributed by atoms with Gasteiger partial charge in [0, 0.05) is 28.9 Å². The SMILES string of the molecule is CSCCN1Cc2cc(Br)ccc2OC(C(C)C)C1=O. The molecule has 0 aliphatic carbocycles. The van der Waals surface area contributed by atoms with Crippen LogP contribution < -0.4 is 4.74 Å². The summed E-state index contributed by atoms with van der Waals surface area (Å²) in [5.74, 6) is 2.03. The first-order valence-electron chi connectivity index (χ1n) is 6.75. The van der Waals surface area contributed by atoms with Crippen LogP contribution in [-0.2, 0) is 11.3 Å². The summed E-state index contributed by atoms with van der Waals surface area (Å²) in [5, 5.41) is 0. The Morgan fingerprint density at radius 3 is 2.90 bits per heavy atom. The summed E-state index contributed by atoms with van der Waals surface area (Å²) in [4.78, 5) is 14.5. The lowest BCUT2D eigenvalue weighted by Gasteiger charge is -2.25. The van der Waals surface area contributed by atoms with Gasteiger partial charge in [-0.3, -0.25) is 4.79 Å². The summed E-state index contributed by atoms with van der Waals surface area (Å²) in [6.07, 6.45) is 1.67. The lowest BCUT2D eigenvalue weighted by atomic mass is 10.1. The zero-order valence-electron chi connectivity index (χ0n) is 12.1. The summed E-state index contributed by atoms with van der Waals surface area (Å²) in [6, 6.07) is 5.94. The van der Waals surface area contributed by atoms with E-state index in [0.717, 1.165) is 28.1 Å². The van der Waals surface area contributed by atoms with E-state index in [1.807, 2.05) is 36.9 Å². The highest BCUT2D eigenvalue weighted by atomic mass is 79.9. The molecule has 2 rings (SSSR count). The number of fused-ring (bicyclic) bond motifs is 1. The number of nitrogens with zero attached hydrogens (tertiary/aromatic N) is 1. The van der Waals surface area contributed by atoms with Crippen molar-refractivity contribution in [3.63, 3.8) is 0 Å². The molecule has 0 spiro atoms. The second kappa shape index (κ2) is 6.85. The molecule has 1 aliphatic heterocycles. The number of carbonyl (C=O) groups excluding carboxylic acids is 1. The maximum Gasteiger partial charge on any atom is 0.264 e. The molecule has 0 saturated heterocycles. The average Bonchev–Trinajstić information content (AvgIpc) is 2.54. The van der Waals surface area contributed by atoms with Crippen LogP contribution in [0.4, 0.5) is 0 Å². The number of thioether (sulfide) groups is 1. The summed E-state index contributed by atoms with van der Waals surface area (Å²) in [5.41, 5.74) is 1.07. The van der Waals surface area contributed by atoms with Gasteiger partial charge < -0.3 is 9.64 Å². The van der Waals surface area contributed by atoms with Crippen LogP contribution in [-0.4, -0.2) is 35.5 Å². The molecule has 20 heavy (non-hydrogen) atoms. The molecular formula is C15H20BrNO2S. The zero-order chi connectivity index (χ0) is 14.7. The van der Waals surface area contributed by atoms with Crippen molar-refractivity contribution in [2.24, 2.45) is 5.92 Å². The van der Waals surface area contributed by atoms with E-state index in [9.17, 15) is 4.79 Å². The Morgan fingerprint density at radius 2 is 2.25 bits per heavy atom. The first-order valence-corrected chi connectivity index (χ1v) is 8.94. The fourth-order valence-corrected chi connectivity index (χ4v) is 3.06. The second-order valence-corrected chi connectivity index (χ2v) is 7.19. The fraction of sp³-hybridized carbons (Fsp3) is 0.533. The van der Waals surface area contributed by atoms with Crippen molar-refractivity contribution < 1.29 is 9.53 Å².